The van der Waals surface area contributed by atoms with Crippen molar-refractivity contribution in [3.63, 3.8) is 0 Å². The maximum absolute atomic E-state index is 11.7. The van der Waals surface area contributed by atoms with Gasteiger partial charge in [0, 0.05) is 12.5 Å². The van der Waals surface area contributed by atoms with Crippen molar-refractivity contribution < 1.29 is 4.79 Å². The predicted molar refractivity (Wildman–Crippen MR) is 63.2 cm³/mol. The van der Waals surface area contributed by atoms with Crippen LogP contribution in [0.4, 0.5) is 5.95 Å². The maximum atomic E-state index is 11.7. The Hall–Kier alpha value is -1.56. The number of carbonyl (C=O) groups is 1. The first-order chi connectivity index (χ1) is 8.06. The number of hydrogen-bond donors (Lipinski definition) is 2. The lowest BCUT2D eigenvalue weighted by molar-refractivity contribution is -0.116. The summed E-state index contributed by atoms with van der Waals surface area (Å²) in [5.41, 5.74) is 7.40. The SMILES string of the molecule is Cc1nnc(NC(=O)CC(N)C2CC2)nc1C. The minimum Gasteiger partial charge on any atom is -0.327 e. The van der Waals surface area contributed by atoms with Crippen molar-refractivity contribution in [1.82, 2.24) is 15.2 Å². The fourth-order valence-corrected chi connectivity index (χ4v) is 1.59. The monoisotopic (exact) mass is 235 g/mol. The number of nitrogens with one attached hydrogen (secondary N) is 1. The minimum atomic E-state index is -0.144. The number of amides is 1. The lowest BCUT2D eigenvalue weighted by Gasteiger charge is -2.09. The highest BCUT2D eigenvalue weighted by Gasteiger charge is 2.29. The van der Waals surface area contributed by atoms with E-state index in [-0.39, 0.29) is 17.9 Å². The number of nitrogens with two attached hydrogens (primary N) is 1. The number of hydrogen-bond acceptors (Lipinski definition) is 5. The van der Waals surface area contributed by atoms with Gasteiger partial charge in [0.15, 0.2) is 0 Å². The van der Waals surface area contributed by atoms with E-state index in [0.717, 1.165) is 24.2 Å². The first-order valence-corrected chi connectivity index (χ1v) is 5.79. The topological polar surface area (TPSA) is 93.8 Å². The lowest BCUT2D eigenvalue weighted by atomic mass is 10.1. The zero-order chi connectivity index (χ0) is 12.4. The molecule has 1 amide bonds. The van der Waals surface area contributed by atoms with Gasteiger partial charge in [-0.05, 0) is 32.6 Å². The van der Waals surface area contributed by atoms with Crippen LogP contribution in [0.25, 0.3) is 0 Å². The highest BCUT2D eigenvalue weighted by Crippen LogP contribution is 2.32. The molecule has 1 saturated carbocycles. The molecule has 2 rings (SSSR count). The summed E-state index contributed by atoms with van der Waals surface area (Å²) in [4.78, 5) is 15.8. The molecular weight excluding hydrogens is 218 g/mol. The predicted octanol–water partition coefficient (Wildman–Crippen LogP) is 0.554. The molecule has 1 aliphatic rings. The third kappa shape index (κ3) is 3.20. The molecule has 6 heteroatoms. The van der Waals surface area contributed by atoms with E-state index >= 15 is 0 Å². The Balaban J connectivity index is 1.90. The van der Waals surface area contributed by atoms with E-state index in [1.54, 1.807) is 0 Å². The summed E-state index contributed by atoms with van der Waals surface area (Å²) >= 11 is 0. The van der Waals surface area contributed by atoms with E-state index in [4.69, 9.17) is 5.73 Å². The average Bonchev–Trinajstić information content (AvgIpc) is 3.06. The average molecular weight is 235 g/mol. The van der Waals surface area contributed by atoms with Crippen molar-refractivity contribution in [1.29, 1.82) is 0 Å². The molecule has 3 N–H and O–H groups in total. The first kappa shape index (κ1) is 11.9. The molecule has 0 aromatic carbocycles. The van der Waals surface area contributed by atoms with Gasteiger partial charge in [0.05, 0.1) is 11.4 Å². The Bertz CT molecular complexity index is 430. The van der Waals surface area contributed by atoms with Crippen LogP contribution in [0.15, 0.2) is 0 Å². The van der Waals surface area contributed by atoms with Gasteiger partial charge < -0.3 is 5.73 Å². The number of aryl methyl sites for hydroxylation is 2. The minimum absolute atomic E-state index is 0.0468. The molecule has 1 unspecified atom stereocenters. The summed E-state index contributed by atoms with van der Waals surface area (Å²) in [5, 5.41) is 10.3. The van der Waals surface area contributed by atoms with E-state index in [1.165, 1.54) is 0 Å². The molecule has 17 heavy (non-hydrogen) atoms. The standard InChI is InChI=1S/C11H17N5O/c1-6-7(2)15-16-11(13-6)14-10(17)5-9(12)8-3-4-8/h8-9H,3-5,12H2,1-2H3,(H,13,14,16,17). The van der Waals surface area contributed by atoms with E-state index in [9.17, 15) is 4.79 Å². The second-order valence-corrected chi connectivity index (χ2v) is 4.56. The Kier molecular flexibility index (Phi) is 3.33. The Morgan fingerprint density at radius 1 is 1.41 bits per heavy atom. The first-order valence-electron chi connectivity index (χ1n) is 5.79. The summed E-state index contributed by atoms with van der Waals surface area (Å²) < 4.78 is 0. The molecule has 92 valence electrons. The molecule has 0 aliphatic heterocycles. The highest BCUT2D eigenvalue weighted by molar-refractivity contribution is 5.89. The Morgan fingerprint density at radius 3 is 2.71 bits per heavy atom. The van der Waals surface area contributed by atoms with Crippen molar-refractivity contribution >= 4 is 11.9 Å². The number of nitrogens with zero attached hydrogens (tertiary/aromatic N) is 3. The molecule has 0 spiro atoms. The number of anilines is 1. The summed E-state index contributed by atoms with van der Waals surface area (Å²) in [6.07, 6.45) is 2.59. The zero-order valence-electron chi connectivity index (χ0n) is 10.1. The van der Waals surface area contributed by atoms with E-state index in [0.29, 0.717) is 12.3 Å². The molecule has 1 aromatic rings. The fourth-order valence-electron chi connectivity index (χ4n) is 1.59. The van der Waals surface area contributed by atoms with Gasteiger partial charge in [-0.3, -0.25) is 10.1 Å². The summed E-state index contributed by atoms with van der Waals surface area (Å²) in [6, 6.07) is -0.0468. The van der Waals surface area contributed by atoms with E-state index < -0.39 is 0 Å². The van der Waals surface area contributed by atoms with E-state index in [1.807, 2.05) is 13.8 Å². The quantitative estimate of drug-likeness (QED) is 0.795. The maximum Gasteiger partial charge on any atom is 0.249 e. The van der Waals surface area contributed by atoms with Crippen LogP contribution in [0.1, 0.15) is 30.7 Å². The van der Waals surface area contributed by atoms with Gasteiger partial charge in [0.1, 0.15) is 0 Å². The van der Waals surface area contributed by atoms with Crippen LogP contribution < -0.4 is 11.1 Å². The van der Waals surface area contributed by atoms with Crippen LogP contribution in [0, 0.1) is 19.8 Å². The van der Waals surface area contributed by atoms with Crippen molar-refractivity contribution in [2.75, 3.05) is 5.32 Å². The third-order valence-corrected chi connectivity index (χ3v) is 2.99. The van der Waals surface area contributed by atoms with Gasteiger partial charge in [0.2, 0.25) is 11.9 Å². The van der Waals surface area contributed by atoms with Crippen molar-refractivity contribution in [2.24, 2.45) is 11.7 Å². The second kappa shape index (κ2) is 4.75. The fraction of sp³-hybridized carbons (Fsp3) is 0.636. The summed E-state index contributed by atoms with van der Waals surface area (Å²) in [7, 11) is 0. The van der Waals surface area contributed by atoms with Crippen molar-refractivity contribution in [2.45, 2.75) is 39.2 Å². The molecule has 1 aliphatic carbocycles. The summed E-state index contributed by atoms with van der Waals surface area (Å²) in [6.45, 7) is 3.65. The van der Waals surface area contributed by atoms with Crippen molar-refractivity contribution in [3.05, 3.63) is 11.4 Å². The van der Waals surface area contributed by atoms with Gasteiger partial charge in [-0.1, -0.05) is 0 Å². The van der Waals surface area contributed by atoms with Crippen LogP contribution in [0.3, 0.4) is 0 Å². The van der Waals surface area contributed by atoms with Crippen LogP contribution in [-0.2, 0) is 4.79 Å². The van der Waals surface area contributed by atoms with Crippen LogP contribution in [-0.4, -0.2) is 27.1 Å². The van der Waals surface area contributed by atoms with E-state index in [2.05, 4.69) is 20.5 Å². The molecule has 0 bridgehead atoms. The Labute approximate surface area is 100 Å². The zero-order valence-corrected chi connectivity index (χ0v) is 10.1. The molecule has 0 saturated heterocycles. The molecule has 6 nitrogen and oxygen atoms in total. The largest absolute Gasteiger partial charge is 0.327 e. The summed E-state index contributed by atoms with van der Waals surface area (Å²) in [5.74, 6) is 0.620. The smallest absolute Gasteiger partial charge is 0.249 e. The molecule has 0 radical (unpaired) electrons. The molecule has 1 atom stereocenters. The third-order valence-electron chi connectivity index (χ3n) is 2.99. The van der Waals surface area contributed by atoms with Gasteiger partial charge in [-0.25, -0.2) is 4.98 Å². The molecule has 1 aromatic heterocycles. The highest BCUT2D eigenvalue weighted by atomic mass is 16.1. The second-order valence-electron chi connectivity index (χ2n) is 4.56. The van der Waals surface area contributed by atoms with Crippen molar-refractivity contribution in [3.8, 4) is 0 Å². The van der Waals surface area contributed by atoms with Gasteiger partial charge in [-0.2, -0.15) is 5.10 Å². The normalized spacial score (nSPS) is 16.6. The molecule has 1 heterocycles. The Morgan fingerprint density at radius 2 is 2.12 bits per heavy atom. The van der Waals surface area contributed by atoms with Crippen LogP contribution >= 0.6 is 0 Å². The lowest BCUT2D eigenvalue weighted by Crippen LogP contribution is -2.29. The van der Waals surface area contributed by atoms with Gasteiger partial charge >= 0.3 is 0 Å². The van der Waals surface area contributed by atoms with Crippen LogP contribution in [0.5, 0.6) is 0 Å². The van der Waals surface area contributed by atoms with Gasteiger partial charge in [0.25, 0.3) is 0 Å². The number of carbonyl (C=O) groups excluding carboxylic acids is 1. The van der Waals surface area contributed by atoms with Crippen LogP contribution in [0.2, 0.25) is 0 Å². The number of rotatable bonds is 4. The molecule has 1 fully saturated rings. The molecular formula is C11H17N5O. The number of aromatic nitrogens is 3. The van der Waals surface area contributed by atoms with Gasteiger partial charge in [-0.15, -0.1) is 5.10 Å².